The fraction of sp³-hybridized carbons (Fsp3) is 0.462. The molecular formula is C13H17BrN4O2. The average molecular weight is 341 g/mol. The van der Waals surface area contributed by atoms with Crippen LogP contribution in [-0.2, 0) is 15.1 Å². The molecule has 1 aromatic carbocycles. The van der Waals surface area contributed by atoms with Crippen LogP contribution >= 0.6 is 15.9 Å². The van der Waals surface area contributed by atoms with E-state index in [1.54, 1.807) is 13.8 Å². The maximum Gasteiger partial charge on any atom is 0.330 e. The lowest BCUT2D eigenvalue weighted by atomic mass is 9.92. The summed E-state index contributed by atoms with van der Waals surface area (Å²) in [6, 6.07) is 7.45. The fourth-order valence-corrected chi connectivity index (χ4v) is 2.17. The lowest BCUT2D eigenvalue weighted by Crippen LogP contribution is -2.48. The molecule has 0 bridgehead atoms. The summed E-state index contributed by atoms with van der Waals surface area (Å²) in [7, 11) is 0. The third kappa shape index (κ3) is 4.23. The summed E-state index contributed by atoms with van der Waals surface area (Å²) in [6.07, 6.45) is 0. The molecule has 1 rings (SSSR count). The van der Waals surface area contributed by atoms with Crippen molar-refractivity contribution in [1.29, 1.82) is 0 Å². The van der Waals surface area contributed by atoms with Gasteiger partial charge in [0.05, 0.1) is 6.61 Å². The highest BCUT2D eigenvalue weighted by Crippen LogP contribution is 2.25. The molecule has 1 atom stereocenters. The topological polar surface area (TPSA) is 87.1 Å². The molecule has 1 aromatic rings. The Morgan fingerprint density at radius 2 is 2.35 bits per heavy atom. The smallest absolute Gasteiger partial charge is 0.330 e. The Kier molecular flexibility index (Phi) is 6.51. The van der Waals surface area contributed by atoms with Crippen molar-refractivity contribution in [3.05, 3.63) is 44.7 Å². The van der Waals surface area contributed by atoms with Crippen LogP contribution < -0.4 is 5.32 Å². The van der Waals surface area contributed by atoms with Crippen molar-refractivity contribution in [1.82, 2.24) is 5.32 Å². The van der Waals surface area contributed by atoms with Gasteiger partial charge >= 0.3 is 5.97 Å². The first kappa shape index (κ1) is 16.5. The van der Waals surface area contributed by atoms with Gasteiger partial charge in [-0.2, -0.15) is 0 Å². The van der Waals surface area contributed by atoms with E-state index in [9.17, 15) is 4.79 Å². The molecule has 1 unspecified atom stereocenters. The summed E-state index contributed by atoms with van der Waals surface area (Å²) in [4.78, 5) is 14.9. The van der Waals surface area contributed by atoms with E-state index in [1.165, 1.54) is 0 Å². The first-order valence-corrected chi connectivity index (χ1v) is 7.03. The zero-order valence-electron chi connectivity index (χ0n) is 11.5. The Morgan fingerprint density at radius 1 is 1.60 bits per heavy atom. The number of hydrogen-bond donors (Lipinski definition) is 1. The van der Waals surface area contributed by atoms with Gasteiger partial charge < -0.3 is 4.74 Å². The van der Waals surface area contributed by atoms with Crippen molar-refractivity contribution in [2.24, 2.45) is 5.11 Å². The van der Waals surface area contributed by atoms with Crippen molar-refractivity contribution >= 4 is 21.9 Å². The number of rotatable bonds is 7. The van der Waals surface area contributed by atoms with Crippen LogP contribution in [0.2, 0.25) is 0 Å². The number of carbonyl (C=O) groups is 1. The van der Waals surface area contributed by atoms with Gasteiger partial charge in [0.1, 0.15) is 5.54 Å². The molecule has 0 aliphatic carbocycles. The van der Waals surface area contributed by atoms with Gasteiger partial charge in [-0.15, -0.1) is 0 Å². The maximum atomic E-state index is 12.2. The predicted molar refractivity (Wildman–Crippen MR) is 80.1 cm³/mol. The number of nitrogens with zero attached hydrogens (tertiary/aromatic N) is 3. The standard InChI is InChI=1S/C13H17BrN4O2/c1-3-20-12(19)13(2,16-7-8-17-18-15)10-5-4-6-11(14)9-10/h4-6,9,16H,3,7-8H2,1-2H3. The largest absolute Gasteiger partial charge is 0.464 e. The van der Waals surface area contributed by atoms with E-state index in [0.717, 1.165) is 10.0 Å². The van der Waals surface area contributed by atoms with Crippen molar-refractivity contribution < 1.29 is 9.53 Å². The SMILES string of the molecule is CCOC(=O)C(C)(NCCN=[N+]=[N-])c1cccc(Br)c1. The third-order valence-corrected chi connectivity index (χ3v) is 3.33. The molecule has 0 aliphatic heterocycles. The summed E-state index contributed by atoms with van der Waals surface area (Å²) in [6.45, 7) is 4.47. The molecular weight excluding hydrogens is 324 g/mol. The average Bonchev–Trinajstić information content (AvgIpc) is 2.43. The minimum atomic E-state index is -0.981. The molecule has 0 fully saturated rings. The van der Waals surface area contributed by atoms with Crippen molar-refractivity contribution in [2.75, 3.05) is 19.7 Å². The molecule has 0 aromatic heterocycles. The summed E-state index contributed by atoms with van der Waals surface area (Å²) >= 11 is 3.39. The van der Waals surface area contributed by atoms with Gasteiger partial charge in [-0.25, -0.2) is 4.79 Å². The number of halogens is 1. The Bertz CT molecular complexity index is 517. The lowest BCUT2D eigenvalue weighted by molar-refractivity contribution is -0.151. The number of azide groups is 1. The molecule has 108 valence electrons. The summed E-state index contributed by atoms with van der Waals surface area (Å²) in [5, 5.41) is 6.55. The van der Waals surface area contributed by atoms with Gasteiger partial charge in [-0.3, -0.25) is 5.32 Å². The van der Waals surface area contributed by atoms with Gasteiger partial charge in [0.2, 0.25) is 0 Å². The second-order valence-corrected chi connectivity index (χ2v) is 5.15. The van der Waals surface area contributed by atoms with E-state index in [4.69, 9.17) is 10.3 Å². The summed E-state index contributed by atoms with van der Waals surface area (Å²) in [5.41, 5.74) is 8.08. The van der Waals surface area contributed by atoms with E-state index in [-0.39, 0.29) is 12.5 Å². The Labute approximate surface area is 126 Å². The number of carbonyl (C=O) groups excluding carboxylic acids is 1. The number of nitrogens with one attached hydrogen (secondary N) is 1. The molecule has 0 spiro atoms. The molecule has 0 saturated carbocycles. The van der Waals surface area contributed by atoms with Crippen LogP contribution in [0.25, 0.3) is 10.4 Å². The Morgan fingerprint density at radius 3 is 2.95 bits per heavy atom. The van der Waals surface area contributed by atoms with Crippen molar-refractivity contribution in [3.63, 3.8) is 0 Å². The highest BCUT2D eigenvalue weighted by atomic mass is 79.9. The van der Waals surface area contributed by atoms with Crippen LogP contribution in [0.1, 0.15) is 19.4 Å². The zero-order valence-corrected chi connectivity index (χ0v) is 13.1. The molecule has 6 nitrogen and oxygen atoms in total. The monoisotopic (exact) mass is 340 g/mol. The lowest BCUT2D eigenvalue weighted by Gasteiger charge is -2.29. The molecule has 0 amide bonds. The molecule has 0 saturated heterocycles. The molecule has 0 aliphatic rings. The molecule has 20 heavy (non-hydrogen) atoms. The van der Waals surface area contributed by atoms with Gasteiger partial charge in [-0.1, -0.05) is 33.2 Å². The van der Waals surface area contributed by atoms with Crippen molar-refractivity contribution in [3.8, 4) is 0 Å². The van der Waals surface area contributed by atoms with E-state index in [2.05, 4.69) is 31.3 Å². The van der Waals surface area contributed by atoms with Gasteiger partial charge in [0.15, 0.2) is 0 Å². The highest BCUT2D eigenvalue weighted by Gasteiger charge is 2.36. The molecule has 1 N–H and O–H groups in total. The third-order valence-electron chi connectivity index (χ3n) is 2.84. The van der Waals surface area contributed by atoms with Crippen LogP contribution in [0.3, 0.4) is 0 Å². The maximum absolute atomic E-state index is 12.2. The van der Waals surface area contributed by atoms with E-state index in [1.807, 2.05) is 24.3 Å². The van der Waals surface area contributed by atoms with Gasteiger partial charge in [-0.05, 0) is 37.1 Å². The molecule has 7 heteroatoms. The number of hydrogen-bond acceptors (Lipinski definition) is 4. The van der Waals surface area contributed by atoms with Gasteiger partial charge in [0.25, 0.3) is 0 Å². The first-order valence-electron chi connectivity index (χ1n) is 6.23. The quantitative estimate of drug-likeness (QED) is 0.272. The second-order valence-electron chi connectivity index (χ2n) is 4.24. The summed E-state index contributed by atoms with van der Waals surface area (Å²) in [5.74, 6) is -0.362. The van der Waals surface area contributed by atoms with Crippen molar-refractivity contribution in [2.45, 2.75) is 19.4 Å². The van der Waals surface area contributed by atoms with Gasteiger partial charge in [0, 0.05) is 22.5 Å². The molecule has 0 heterocycles. The number of benzene rings is 1. The Balaban J connectivity index is 2.99. The first-order chi connectivity index (χ1) is 9.54. The highest BCUT2D eigenvalue weighted by molar-refractivity contribution is 9.10. The van der Waals surface area contributed by atoms with Crippen LogP contribution in [0.5, 0.6) is 0 Å². The van der Waals surface area contributed by atoms with Crippen LogP contribution in [0, 0.1) is 0 Å². The molecule has 0 radical (unpaired) electrons. The predicted octanol–water partition coefficient (Wildman–Crippen LogP) is 3.13. The minimum Gasteiger partial charge on any atom is -0.464 e. The number of ether oxygens (including phenoxy) is 1. The van der Waals surface area contributed by atoms with Crippen LogP contribution in [-0.4, -0.2) is 25.7 Å². The van der Waals surface area contributed by atoms with E-state index in [0.29, 0.717) is 13.2 Å². The second kappa shape index (κ2) is 7.89. The number of esters is 1. The zero-order chi connectivity index (χ0) is 15.0. The summed E-state index contributed by atoms with van der Waals surface area (Å²) < 4.78 is 6.02. The van der Waals surface area contributed by atoms with Crippen LogP contribution in [0.15, 0.2) is 33.9 Å². The van der Waals surface area contributed by atoms with Crippen LogP contribution in [0.4, 0.5) is 0 Å². The van der Waals surface area contributed by atoms with E-state index >= 15 is 0 Å². The minimum absolute atomic E-state index is 0.263. The normalized spacial score (nSPS) is 13.2. The Hall–Kier alpha value is -1.56. The fourth-order valence-electron chi connectivity index (χ4n) is 1.77. The van der Waals surface area contributed by atoms with E-state index < -0.39 is 5.54 Å².